The highest BCUT2D eigenvalue weighted by Crippen LogP contribution is 2.25. The first kappa shape index (κ1) is 16.7. The molecule has 1 N–H and O–H groups in total. The quantitative estimate of drug-likeness (QED) is 0.909. The predicted octanol–water partition coefficient (Wildman–Crippen LogP) is 3.68. The lowest BCUT2D eigenvalue weighted by Crippen LogP contribution is -2.40. The van der Waals surface area contributed by atoms with Crippen molar-refractivity contribution in [2.45, 2.75) is 32.2 Å². The summed E-state index contributed by atoms with van der Waals surface area (Å²) in [4.78, 5) is 14.7. The van der Waals surface area contributed by atoms with Crippen LogP contribution in [0.1, 0.15) is 47.2 Å². The van der Waals surface area contributed by atoms with Gasteiger partial charge in [-0.3, -0.25) is 9.69 Å². The van der Waals surface area contributed by atoms with Gasteiger partial charge in [-0.1, -0.05) is 6.42 Å². The minimum Gasteiger partial charge on any atom is -0.465 e. The fraction of sp³-hybridized carbons (Fsp3) is 0.421. The molecule has 24 heavy (non-hydrogen) atoms. The molecule has 1 atom stereocenters. The van der Waals surface area contributed by atoms with Crippen molar-refractivity contribution in [2.75, 3.05) is 19.6 Å². The zero-order chi connectivity index (χ0) is 16.9. The third-order valence-corrected chi connectivity index (χ3v) is 4.48. The molecule has 1 aliphatic rings. The zero-order valence-electron chi connectivity index (χ0n) is 13.9. The molecule has 2 aromatic rings. The first-order chi connectivity index (χ1) is 11.6. The molecule has 0 spiro atoms. The van der Waals surface area contributed by atoms with E-state index in [1.54, 1.807) is 0 Å². The number of carbonyl (C=O) groups excluding carboxylic acids is 1. The summed E-state index contributed by atoms with van der Waals surface area (Å²) >= 11 is 0. The van der Waals surface area contributed by atoms with Crippen LogP contribution in [0, 0.1) is 12.7 Å². The second kappa shape index (κ2) is 7.62. The molecule has 1 aromatic carbocycles. The average Bonchev–Trinajstić information content (AvgIpc) is 3.02. The topological polar surface area (TPSA) is 45.5 Å². The van der Waals surface area contributed by atoms with Crippen LogP contribution in [0.3, 0.4) is 0 Å². The number of likely N-dealkylation sites (tertiary alicyclic amines) is 1. The van der Waals surface area contributed by atoms with E-state index in [-0.39, 0.29) is 17.8 Å². The number of nitrogens with zero attached hydrogens (tertiary/aromatic N) is 1. The Morgan fingerprint density at radius 3 is 2.50 bits per heavy atom. The number of furan rings is 1. The van der Waals surface area contributed by atoms with Crippen LogP contribution in [-0.2, 0) is 0 Å². The Hall–Kier alpha value is -2.14. The average molecular weight is 330 g/mol. The van der Waals surface area contributed by atoms with Gasteiger partial charge in [0.2, 0.25) is 0 Å². The number of amides is 1. The van der Waals surface area contributed by atoms with Gasteiger partial charge in [-0.2, -0.15) is 0 Å². The van der Waals surface area contributed by atoms with E-state index in [1.807, 2.05) is 19.1 Å². The van der Waals surface area contributed by atoms with Gasteiger partial charge in [0.15, 0.2) is 0 Å². The molecule has 0 unspecified atom stereocenters. The van der Waals surface area contributed by atoms with Gasteiger partial charge in [0.05, 0.1) is 6.04 Å². The molecule has 128 valence electrons. The first-order valence-corrected chi connectivity index (χ1v) is 8.47. The van der Waals surface area contributed by atoms with E-state index < -0.39 is 0 Å². The molecule has 0 saturated carbocycles. The molecule has 5 heteroatoms. The summed E-state index contributed by atoms with van der Waals surface area (Å²) in [6.07, 6.45) is 3.59. The smallest absolute Gasteiger partial charge is 0.251 e. The van der Waals surface area contributed by atoms with Crippen molar-refractivity contribution in [1.82, 2.24) is 10.2 Å². The van der Waals surface area contributed by atoms with E-state index in [4.69, 9.17) is 4.42 Å². The lowest BCUT2D eigenvalue weighted by atomic mass is 10.1. The van der Waals surface area contributed by atoms with Crippen LogP contribution in [-0.4, -0.2) is 30.4 Å². The Kier molecular flexibility index (Phi) is 5.30. The van der Waals surface area contributed by atoms with Crippen LogP contribution in [0.25, 0.3) is 0 Å². The van der Waals surface area contributed by atoms with Crippen LogP contribution >= 0.6 is 0 Å². The fourth-order valence-corrected chi connectivity index (χ4v) is 3.16. The molecular formula is C19H23FN2O2. The Bertz CT molecular complexity index is 675. The monoisotopic (exact) mass is 330 g/mol. The van der Waals surface area contributed by atoms with Crippen LogP contribution in [0.15, 0.2) is 40.8 Å². The maximum absolute atomic E-state index is 13.0. The molecule has 3 rings (SSSR count). The minimum absolute atomic E-state index is 0.0309. The van der Waals surface area contributed by atoms with E-state index >= 15 is 0 Å². The summed E-state index contributed by atoms with van der Waals surface area (Å²) in [7, 11) is 0. The van der Waals surface area contributed by atoms with Crippen molar-refractivity contribution in [3.8, 4) is 0 Å². The van der Waals surface area contributed by atoms with E-state index in [2.05, 4.69) is 10.2 Å². The summed E-state index contributed by atoms with van der Waals surface area (Å²) < 4.78 is 18.8. The molecule has 2 heterocycles. The summed E-state index contributed by atoms with van der Waals surface area (Å²) in [5, 5.41) is 2.96. The number of halogens is 1. The Balaban J connectivity index is 1.69. The van der Waals surface area contributed by atoms with Gasteiger partial charge < -0.3 is 9.73 Å². The number of benzene rings is 1. The van der Waals surface area contributed by atoms with Crippen molar-refractivity contribution >= 4 is 5.91 Å². The van der Waals surface area contributed by atoms with Crippen molar-refractivity contribution in [3.05, 3.63) is 59.3 Å². The Morgan fingerprint density at radius 2 is 1.88 bits per heavy atom. The lowest BCUT2D eigenvalue weighted by Gasteiger charge is -2.33. The number of hydrogen-bond acceptors (Lipinski definition) is 3. The zero-order valence-corrected chi connectivity index (χ0v) is 13.9. The van der Waals surface area contributed by atoms with Gasteiger partial charge in [0.25, 0.3) is 5.91 Å². The number of piperidine rings is 1. The third kappa shape index (κ3) is 4.03. The highest BCUT2D eigenvalue weighted by atomic mass is 19.1. The Labute approximate surface area is 141 Å². The van der Waals surface area contributed by atoms with Gasteiger partial charge in [-0.05, 0) is 69.3 Å². The Morgan fingerprint density at radius 1 is 1.17 bits per heavy atom. The van der Waals surface area contributed by atoms with E-state index in [0.717, 1.165) is 24.6 Å². The van der Waals surface area contributed by atoms with Gasteiger partial charge in [-0.25, -0.2) is 4.39 Å². The number of hydrogen-bond donors (Lipinski definition) is 1. The molecule has 1 saturated heterocycles. The lowest BCUT2D eigenvalue weighted by molar-refractivity contribution is 0.0913. The maximum Gasteiger partial charge on any atom is 0.251 e. The molecule has 1 amide bonds. The van der Waals surface area contributed by atoms with Crippen LogP contribution in [0.4, 0.5) is 4.39 Å². The second-order valence-corrected chi connectivity index (χ2v) is 6.28. The summed E-state index contributed by atoms with van der Waals surface area (Å²) in [5.41, 5.74) is 0.462. The van der Waals surface area contributed by atoms with Crippen LogP contribution in [0.2, 0.25) is 0 Å². The molecule has 0 aliphatic carbocycles. The third-order valence-electron chi connectivity index (χ3n) is 4.48. The first-order valence-electron chi connectivity index (χ1n) is 8.47. The minimum atomic E-state index is -0.344. The predicted molar refractivity (Wildman–Crippen MR) is 90.3 cm³/mol. The van der Waals surface area contributed by atoms with Crippen molar-refractivity contribution in [1.29, 1.82) is 0 Å². The molecule has 0 bridgehead atoms. The van der Waals surface area contributed by atoms with Gasteiger partial charge in [0.1, 0.15) is 17.3 Å². The highest BCUT2D eigenvalue weighted by Gasteiger charge is 2.25. The normalized spacial score (nSPS) is 16.8. The largest absolute Gasteiger partial charge is 0.465 e. The summed E-state index contributed by atoms with van der Waals surface area (Å²) in [6.45, 7) is 4.42. The molecular weight excluding hydrogens is 307 g/mol. The summed E-state index contributed by atoms with van der Waals surface area (Å²) in [6, 6.07) is 9.56. The fourth-order valence-electron chi connectivity index (χ4n) is 3.16. The van der Waals surface area contributed by atoms with Gasteiger partial charge in [0, 0.05) is 12.1 Å². The van der Waals surface area contributed by atoms with Crippen LogP contribution < -0.4 is 5.32 Å². The second-order valence-electron chi connectivity index (χ2n) is 6.28. The van der Waals surface area contributed by atoms with Crippen LogP contribution in [0.5, 0.6) is 0 Å². The highest BCUT2D eigenvalue weighted by molar-refractivity contribution is 5.94. The van der Waals surface area contributed by atoms with Crippen molar-refractivity contribution in [2.24, 2.45) is 0 Å². The molecule has 1 aliphatic heterocycles. The van der Waals surface area contributed by atoms with Gasteiger partial charge in [-0.15, -0.1) is 0 Å². The number of nitrogens with one attached hydrogen (secondary N) is 1. The number of carbonyl (C=O) groups is 1. The van der Waals surface area contributed by atoms with Crippen molar-refractivity contribution in [3.63, 3.8) is 0 Å². The number of aryl methyl sites for hydroxylation is 1. The molecule has 0 radical (unpaired) electrons. The maximum atomic E-state index is 13.0. The number of rotatable bonds is 5. The van der Waals surface area contributed by atoms with E-state index in [1.165, 1.54) is 43.5 Å². The molecule has 1 aromatic heterocycles. The molecule has 1 fully saturated rings. The molecule has 4 nitrogen and oxygen atoms in total. The van der Waals surface area contributed by atoms with E-state index in [9.17, 15) is 9.18 Å². The summed E-state index contributed by atoms with van der Waals surface area (Å²) in [5.74, 6) is 1.22. The standard InChI is InChI=1S/C19H23FN2O2/c1-14-5-10-18(24-14)17(22-11-3-2-4-12-22)13-21-19(23)15-6-8-16(20)9-7-15/h5-10,17H,2-4,11-13H2,1H3,(H,21,23)/t17-/m0/s1. The SMILES string of the molecule is Cc1ccc([C@H](CNC(=O)c2ccc(F)cc2)N2CCCCC2)o1. The van der Waals surface area contributed by atoms with Crippen molar-refractivity contribution < 1.29 is 13.6 Å². The van der Waals surface area contributed by atoms with E-state index in [0.29, 0.717) is 12.1 Å². The van der Waals surface area contributed by atoms with Gasteiger partial charge >= 0.3 is 0 Å².